The summed E-state index contributed by atoms with van der Waals surface area (Å²) in [7, 11) is 0. The highest BCUT2D eigenvalue weighted by Crippen LogP contribution is 2.09. The van der Waals surface area contributed by atoms with Crippen molar-refractivity contribution in [3.8, 4) is 0 Å². The molecule has 1 N–H and O–H groups in total. The van der Waals surface area contributed by atoms with E-state index in [1.807, 2.05) is 6.07 Å². The molecule has 0 radical (unpaired) electrons. The minimum absolute atomic E-state index is 0.192. The monoisotopic (exact) mass is 252 g/mol. The van der Waals surface area contributed by atoms with Gasteiger partial charge in [0.05, 0.1) is 0 Å². The summed E-state index contributed by atoms with van der Waals surface area (Å²) in [5.74, 6) is 0.476. The lowest BCUT2D eigenvalue weighted by atomic mass is 10.2. The van der Waals surface area contributed by atoms with Gasteiger partial charge in [-0.2, -0.15) is 0 Å². The van der Waals surface area contributed by atoms with E-state index < -0.39 is 0 Å². The number of nitrogens with one attached hydrogen (secondary N) is 1. The van der Waals surface area contributed by atoms with Gasteiger partial charge in [0.2, 0.25) is 0 Å². The Balaban J connectivity index is 2.39. The van der Waals surface area contributed by atoms with Crippen LogP contribution in [0.4, 0.5) is 10.1 Å². The molecular weight excluding hydrogens is 227 g/mol. The first-order chi connectivity index (χ1) is 8.49. The highest BCUT2D eigenvalue weighted by molar-refractivity contribution is 5.42. The average Bonchev–Trinajstić information content (AvgIpc) is 2.27. The second-order valence-corrected chi connectivity index (χ2v) is 5.42. The minimum Gasteiger partial charge on any atom is -0.384 e. The number of rotatable bonds is 7. The van der Waals surface area contributed by atoms with Crippen LogP contribution in [-0.2, 0) is 0 Å². The van der Waals surface area contributed by atoms with Gasteiger partial charge < -0.3 is 5.32 Å². The summed E-state index contributed by atoms with van der Waals surface area (Å²) in [4.78, 5) is 2.44. The van der Waals surface area contributed by atoms with Crippen LogP contribution in [-0.4, -0.2) is 30.6 Å². The molecule has 0 aliphatic rings. The molecule has 3 heteroatoms. The van der Waals surface area contributed by atoms with Crippen molar-refractivity contribution in [1.29, 1.82) is 0 Å². The standard InChI is InChI=1S/C15H25FN2/c1-12(2)11-18(13(3)4)9-8-17-15-7-5-6-14(16)10-15/h5-7,10,12-13,17H,8-9,11H2,1-4H3. The van der Waals surface area contributed by atoms with Gasteiger partial charge in [0.15, 0.2) is 0 Å². The SMILES string of the molecule is CC(C)CN(CCNc1cccc(F)c1)C(C)C. The third-order valence-electron chi connectivity index (χ3n) is 2.88. The predicted octanol–water partition coefficient (Wildman–Crippen LogP) is 3.60. The molecule has 0 saturated heterocycles. The van der Waals surface area contributed by atoms with E-state index >= 15 is 0 Å². The lowest BCUT2D eigenvalue weighted by Gasteiger charge is -2.28. The maximum absolute atomic E-state index is 13.0. The second kappa shape index (κ2) is 7.37. The van der Waals surface area contributed by atoms with Gasteiger partial charge >= 0.3 is 0 Å². The zero-order valence-electron chi connectivity index (χ0n) is 11.9. The molecule has 0 fully saturated rings. The second-order valence-electron chi connectivity index (χ2n) is 5.42. The van der Waals surface area contributed by atoms with Crippen LogP contribution in [0, 0.1) is 11.7 Å². The van der Waals surface area contributed by atoms with Gasteiger partial charge in [-0.1, -0.05) is 19.9 Å². The molecule has 0 saturated carbocycles. The summed E-state index contributed by atoms with van der Waals surface area (Å²) in [6.07, 6.45) is 0. The number of anilines is 1. The first-order valence-corrected chi connectivity index (χ1v) is 6.72. The summed E-state index contributed by atoms with van der Waals surface area (Å²) < 4.78 is 13.0. The van der Waals surface area contributed by atoms with E-state index in [0.29, 0.717) is 12.0 Å². The van der Waals surface area contributed by atoms with Crippen molar-refractivity contribution < 1.29 is 4.39 Å². The number of benzene rings is 1. The quantitative estimate of drug-likeness (QED) is 0.797. The van der Waals surface area contributed by atoms with Crippen LogP contribution in [0.5, 0.6) is 0 Å². The summed E-state index contributed by atoms with van der Waals surface area (Å²) in [6, 6.07) is 7.16. The molecule has 0 amide bonds. The Morgan fingerprint density at radius 3 is 2.50 bits per heavy atom. The molecule has 1 rings (SSSR count). The van der Waals surface area contributed by atoms with E-state index in [1.165, 1.54) is 12.1 Å². The lowest BCUT2D eigenvalue weighted by molar-refractivity contribution is 0.205. The van der Waals surface area contributed by atoms with Crippen molar-refractivity contribution in [3.63, 3.8) is 0 Å². The molecule has 0 spiro atoms. The maximum Gasteiger partial charge on any atom is 0.125 e. The normalized spacial score (nSPS) is 11.6. The van der Waals surface area contributed by atoms with Crippen LogP contribution >= 0.6 is 0 Å². The largest absolute Gasteiger partial charge is 0.384 e. The molecule has 0 bridgehead atoms. The van der Waals surface area contributed by atoms with Crippen molar-refractivity contribution in [2.24, 2.45) is 5.92 Å². The van der Waals surface area contributed by atoms with Gasteiger partial charge in [0, 0.05) is 31.4 Å². The van der Waals surface area contributed by atoms with E-state index in [-0.39, 0.29) is 5.82 Å². The zero-order valence-corrected chi connectivity index (χ0v) is 11.9. The topological polar surface area (TPSA) is 15.3 Å². The van der Waals surface area contributed by atoms with Gasteiger partial charge in [-0.3, -0.25) is 4.90 Å². The van der Waals surface area contributed by atoms with Crippen LogP contribution in [0.1, 0.15) is 27.7 Å². The summed E-state index contributed by atoms with van der Waals surface area (Å²) in [5, 5.41) is 3.26. The van der Waals surface area contributed by atoms with Gasteiger partial charge in [0.25, 0.3) is 0 Å². The molecule has 0 aliphatic carbocycles. The fourth-order valence-corrected chi connectivity index (χ4v) is 1.97. The molecule has 0 aromatic heterocycles. The Labute approximate surface area is 110 Å². The highest BCUT2D eigenvalue weighted by Gasteiger charge is 2.10. The molecule has 0 heterocycles. The van der Waals surface area contributed by atoms with E-state index in [9.17, 15) is 4.39 Å². The molecule has 102 valence electrons. The van der Waals surface area contributed by atoms with Crippen molar-refractivity contribution in [3.05, 3.63) is 30.1 Å². The van der Waals surface area contributed by atoms with Gasteiger partial charge in [0.1, 0.15) is 5.82 Å². The first-order valence-electron chi connectivity index (χ1n) is 6.72. The van der Waals surface area contributed by atoms with E-state index in [1.54, 1.807) is 6.07 Å². The fraction of sp³-hybridized carbons (Fsp3) is 0.600. The Morgan fingerprint density at radius 2 is 1.94 bits per heavy atom. The minimum atomic E-state index is -0.192. The first kappa shape index (κ1) is 15.0. The summed E-state index contributed by atoms with van der Waals surface area (Å²) in [6.45, 7) is 11.8. The van der Waals surface area contributed by atoms with Crippen LogP contribution in [0.3, 0.4) is 0 Å². The van der Waals surface area contributed by atoms with E-state index in [2.05, 4.69) is 37.9 Å². The number of nitrogens with zero attached hydrogens (tertiary/aromatic N) is 1. The predicted molar refractivity (Wildman–Crippen MR) is 76.4 cm³/mol. The van der Waals surface area contributed by atoms with Crippen molar-refractivity contribution in [2.45, 2.75) is 33.7 Å². The van der Waals surface area contributed by atoms with E-state index in [0.717, 1.165) is 25.3 Å². The lowest BCUT2D eigenvalue weighted by Crippen LogP contribution is -2.37. The Hall–Kier alpha value is -1.09. The third kappa shape index (κ3) is 5.50. The Bertz CT molecular complexity index is 350. The Morgan fingerprint density at radius 1 is 1.22 bits per heavy atom. The van der Waals surface area contributed by atoms with Crippen LogP contribution < -0.4 is 5.32 Å². The number of hydrogen-bond acceptors (Lipinski definition) is 2. The molecule has 0 unspecified atom stereocenters. The maximum atomic E-state index is 13.0. The Kier molecular flexibility index (Phi) is 6.13. The zero-order chi connectivity index (χ0) is 13.5. The van der Waals surface area contributed by atoms with Gasteiger partial charge in [-0.25, -0.2) is 4.39 Å². The van der Waals surface area contributed by atoms with Crippen molar-refractivity contribution in [2.75, 3.05) is 25.0 Å². The van der Waals surface area contributed by atoms with Crippen LogP contribution in [0.15, 0.2) is 24.3 Å². The fourth-order valence-electron chi connectivity index (χ4n) is 1.97. The van der Waals surface area contributed by atoms with Crippen LogP contribution in [0.25, 0.3) is 0 Å². The smallest absolute Gasteiger partial charge is 0.125 e. The molecular formula is C15H25FN2. The molecule has 1 aromatic rings. The number of halogens is 1. The van der Waals surface area contributed by atoms with Crippen molar-refractivity contribution >= 4 is 5.69 Å². The van der Waals surface area contributed by atoms with Crippen LogP contribution in [0.2, 0.25) is 0 Å². The van der Waals surface area contributed by atoms with Gasteiger partial charge in [-0.05, 0) is 38.0 Å². The highest BCUT2D eigenvalue weighted by atomic mass is 19.1. The third-order valence-corrected chi connectivity index (χ3v) is 2.88. The molecule has 2 nitrogen and oxygen atoms in total. The summed E-state index contributed by atoms with van der Waals surface area (Å²) >= 11 is 0. The van der Waals surface area contributed by atoms with Crippen molar-refractivity contribution in [1.82, 2.24) is 4.90 Å². The molecule has 0 aliphatic heterocycles. The summed E-state index contributed by atoms with van der Waals surface area (Å²) in [5.41, 5.74) is 0.850. The molecule has 18 heavy (non-hydrogen) atoms. The van der Waals surface area contributed by atoms with Gasteiger partial charge in [-0.15, -0.1) is 0 Å². The average molecular weight is 252 g/mol. The molecule has 1 aromatic carbocycles. The van der Waals surface area contributed by atoms with E-state index in [4.69, 9.17) is 0 Å². The molecule has 0 atom stereocenters. The number of hydrogen-bond donors (Lipinski definition) is 1.